The van der Waals surface area contributed by atoms with Crippen LogP contribution in [0, 0.1) is 0 Å². The van der Waals surface area contributed by atoms with E-state index in [4.69, 9.17) is 15.0 Å². The summed E-state index contributed by atoms with van der Waals surface area (Å²) in [5.74, 6) is 5.43. The molecule has 34 nitrogen and oxygen atoms in total. The molecule has 3 aliphatic rings. The molecule has 1 aliphatic carbocycles. The zero-order chi connectivity index (χ0) is 83.0. The second-order valence-electron chi connectivity index (χ2n) is 29.3. The van der Waals surface area contributed by atoms with Crippen LogP contribution in [0.2, 0.25) is 0 Å². The van der Waals surface area contributed by atoms with Crippen molar-refractivity contribution in [3.05, 3.63) is 220 Å². The van der Waals surface area contributed by atoms with Crippen LogP contribution in [0.15, 0.2) is 220 Å². The number of nitrogens with zero attached hydrogens (tertiary/aromatic N) is 18. The second-order valence-corrected chi connectivity index (χ2v) is 29.3. The van der Waals surface area contributed by atoms with Gasteiger partial charge in [-0.3, -0.25) is 39.7 Å². The van der Waals surface area contributed by atoms with Gasteiger partial charge in [0.2, 0.25) is 35.6 Å². The van der Waals surface area contributed by atoms with Crippen molar-refractivity contribution in [1.29, 1.82) is 0 Å². The number of rotatable bonds is 19. The highest BCUT2D eigenvalue weighted by Crippen LogP contribution is 2.40. The van der Waals surface area contributed by atoms with Gasteiger partial charge < -0.3 is 82.1 Å². The van der Waals surface area contributed by atoms with E-state index in [2.05, 4.69) is 162 Å². The Kier molecular flexibility index (Phi) is 21.8. The van der Waals surface area contributed by atoms with Crippen molar-refractivity contribution in [2.45, 2.75) is 32.7 Å². The molecule has 18 aromatic rings. The average molecular weight is 1620 g/mol. The molecule has 2 aliphatic heterocycles. The Morgan fingerprint density at radius 1 is 0.361 bits per heavy atom. The Morgan fingerprint density at radius 2 is 0.705 bits per heavy atom. The molecule has 0 bridgehead atoms. The minimum atomic E-state index is 0.141. The van der Waals surface area contributed by atoms with E-state index in [-0.39, 0.29) is 11.8 Å². The van der Waals surface area contributed by atoms with E-state index >= 15 is 0 Å². The number of aromatic amines is 6. The van der Waals surface area contributed by atoms with Gasteiger partial charge in [-0.1, -0.05) is 6.07 Å². The number of carbonyl (C=O) groups excluding carboxylic acids is 2. The fraction of sp³-hybridized carbons (Fsp3) is 0.182. The monoisotopic (exact) mass is 1620 g/mol. The van der Waals surface area contributed by atoms with Gasteiger partial charge in [-0.2, -0.15) is 50.1 Å². The third-order valence-corrected chi connectivity index (χ3v) is 21.5. The zero-order valence-corrected chi connectivity index (χ0v) is 67.3. The summed E-state index contributed by atoms with van der Waals surface area (Å²) in [6.07, 6.45) is 28.0. The van der Waals surface area contributed by atoms with Crippen molar-refractivity contribution in [3.8, 4) is 44.5 Å². The van der Waals surface area contributed by atoms with E-state index in [1.165, 1.54) is 0 Å². The van der Waals surface area contributed by atoms with E-state index in [9.17, 15) is 9.59 Å². The molecular weight excluding hydrogens is 1540 g/mol. The summed E-state index contributed by atoms with van der Waals surface area (Å²) in [5.41, 5.74) is 19.2. The molecule has 0 atom stereocenters. The smallest absolute Gasteiger partial charge is 0.231 e. The first-order valence-electron chi connectivity index (χ1n) is 40.0. The van der Waals surface area contributed by atoms with Crippen LogP contribution in [0.3, 0.4) is 0 Å². The minimum absolute atomic E-state index is 0.141. The van der Waals surface area contributed by atoms with Crippen LogP contribution in [0.1, 0.15) is 26.7 Å². The number of piperazine rings is 2. The normalized spacial score (nSPS) is 13.3. The Bertz CT molecular complexity index is 6500. The largest absolute Gasteiger partial charge is 0.372 e. The number of aromatic nitrogens is 20. The number of H-pyrrole nitrogens is 6. The van der Waals surface area contributed by atoms with Gasteiger partial charge in [0, 0.05) is 240 Å². The van der Waals surface area contributed by atoms with E-state index in [1.54, 1.807) is 69.6 Å². The van der Waals surface area contributed by atoms with Crippen molar-refractivity contribution >= 4 is 159 Å². The van der Waals surface area contributed by atoms with Crippen molar-refractivity contribution < 1.29 is 9.59 Å². The average Bonchev–Trinajstić information content (AvgIpc) is 1.62. The molecule has 0 radical (unpaired) electrons. The Balaban J connectivity index is 0.000000112. The summed E-state index contributed by atoms with van der Waals surface area (Å²) in [7, 11) is 5.56. The van der Waals surface area contributed by atoms with Gasteiger partial charge >= 0.3 is 0 Å². The molecule has 2 saturated heterocycles. The highest BCUT2D eigenvalue weighted by molar-refractivity contribution is 6.05. The van der Waals surface area contributed by atoms with Gasteiger partial charge in [-0.05, 0) is 157 Å². The predicted molar refractivity (Wildman–Crippen MR) is 481 cm³/mol. The number of anilines is 14. The van der Waals surface area contributed by atoms with Crippen molar-refractivity contribution in [2.24, 2.45) is 0 Å². The molecule has 34 heteroatoms. The van der Waals surface area contributed by atoms with Crippen LogP contribution < -0.4 is 52.3 Å². The quantitative estimate of drug-likeness (QED) is 0.0357. The minimum Gasteiger partial charge on any atom is -0.372 e. The van der Waals surface area contributed by atoms with E-state index in [0.29, 0.717) is 29.8 Å². The van der Waals surface area contributed by atoms with Gasteiger partial charge in [0.15, 0.2) is 0 Å². The third kappa shape index (κ3) is 16.9. The molecular formula is C88H86N32O2. The Labute approximate surface area is 698 Å². The Hall–Kier alpha value is -16.2. The molecule has 21 rings (SSSR count). The van der Waals surface area contributed by atoms with Crippen molar-refractivity contribution in [2.75, 3.05) is 126 Å². The van der Waals surface area contributed by atoms with Crippen LogP contribution in [-0.4, -0.2) is 201 Å². The SMILES string of the molecule is CC(=O)N1CCN(c2ccc(Nc3nc(NC4CC4)c4c(-c5ccncc5)c[nH]c4n3)cc2)CC1.CNc1nc(Nc2ccc(N3CCN(C(C)=O)CC3)cc2)nc2[nH]cc(-c3ccncc3)c12.CNc1nc(Nc2ccc3cn[nH]c3c2)nc2[nH]cc(-c3cccnc3)c12.CNc1nc(Nc2ccc3cn[nH]c3c2)nc2[nH]cc(-c3ccncc3)c12. The number of hydrogen-bond acceptors (Lipinski definition) is 26. The molecule has 2 amide bonds. The molecule has 0 unspecified atom stereocenters. The van der Waals surface area contributed by atoms with Crippen LogP contribution in [0.25, 0.3) is 110 Å². The number of fused-ring (bicyclic) bond motifs is 6. The second kappa shape index (κ2) is 34.6. The zero-order valence-electron chi connectivity index (χ0n) is 67.3. The van der Waals surface area contributed by atoms with Gasteiger partial charge in [0.25, 0.3) is 0 Å². The van der Waals surface area contributed by atoms with E-state index in [0.717, 1.165) is 233 Å². The molecule has 1 saturated carbocycles. The number of carbonyl (C=O) groups is 2. The molecule has 16 heterocycles. The number of hydrogen-bond donors (Lipinski definition) is 14. The summed E-state index contributed by atoms with van der Waals surface area (Å²) in [5, 5.41) is 46.3. The number of amides is 2. The van der Waals surface area contributed by atoms with Crippen LogP contribution in [-0.2, 0) is 9.59 Å². The fourth-order valence-electron chi connectivity index (χ4n) is 15.1. The predicted octanol–water partition coefficient (Wildman–Crippen LogP) is 14.8. The van der Waals surface area contributed by atoms with Gasteiger partial charge in [0.1, 0.15) is 45.9 Å². The first-order valence-corrected chi connectivity index (χ1v) is 40.0. The van der Waals surface area contributed by atoms with E-state index < -0.39 is 0 Å². The molecule has 0 spiro atoms. The number of benzene rings is 4. The van der Waals surface area contributed by atoms with Crippen molar-refractivity contribution in [1.82, 2.24) is 110 Å². The first kappa shape index (κ1) is 77.1. The maximum Gasteiger partial charge on any atom is 0.231 e. The summed E-state index contributed by atoms with van der Waals surface area (Å²) in [6, 6.07) is 44.7. The van der Waals surface area contributed by atoms with Gasteiger partial charge in [0.05, 0.1) is 45.0 Å². The Morgan fingerprint density at radius 3 is 1.05 bits per heavy atom. The molecule has 122 heavy (non-hydrogen) atoms. The maximum atomic E-state index is 11.6. The molecule has 4 aromatic carbocycles. The standard InChI is InChI=1S/C26H28N8O.C24H26N8O.2C19H16N8/c1-17(35)33-12-14-34(15-13-33)21-6-4-20(5-7-21)30-26-31-24-23(25(32-26)29-19-2-3-19)22(16-28-24)18-8-10-27-11-9-18;1-16(33)31-11-13-32(14-12-31)19-5-3-18(4-6-19)28-24-29-22(25-2)21-20(15-27-23(21)30-24)17-7-9-26-10-8-17;1-20-17-16-14(11-4-6-21-7-5-11)10-22-18(16)26-19(25-17)24-13-3-2-12-9-23-27-15(12)8-13;1-20-17-16-14(11-3-2-6-21-8-11)10-22-18(16)26-19(25-17)24-13-5-4-12-9-23-27-15(12)7-13/h4-11,16,19H,2-3,12-15H2,1H3,(H3,28,29,30,31,32);3-10,15H,11-14H2,1-2H3,(H3,25,27,28,29,30);2*2-10H,1H3,(H,23,27)(H3,20,22,24,25,26). The summed E-state index contributed by atoms with van der Waals surface area (Å²) in [4.78, 5) is 98.6. The number of nitrogens with one attached hydrogen (secondary N) is 14. The van der Waals surface area contributed by atoms with Crippen LogP contribution in [0.4, 0.5) is 81.2 Å². The molecule has 14 N–H and O–H groups in total. The first-order chi connectivity index (χ1) is 59.9. The lowest BCUT2D eigenvalue weighted by Gasteiger charge is -2.35. The molecule has 14 aromatic heterocycles. The molecule has 610 valence electrons. The van der Waals surface area contributed by atoms with Crippen LogP contribution in [0.5, 0.6) is 0 Å². The fourth-order valence-corrected chi connectivity index (χ4v) is 15.1. The number of pyridine rings is 4. The highest BCUT2D eigenvalue weighted by atomic mass is 16.2. The maximum absolute atomic E-state index is 11.6. The lowest BCUT2D eigenvalue weighted by Crippen LogP contribution is -2.48. The lowest BCUT2D eigenvalue weighted by atomic mass is 10.1. The summed E-state index contributed by atoms with van der Waals surface area (Å²) >= 11 is 0. The highest BCUT2D eigenvalue weighted by Gasteiger charge is 2.27. The molecule has 3 fully saturated rings. The lowest BCUT2D eigenvalue weighted by molar-refractivity contribution is -0.129. The third-order valence-electron chi connectivity index (χ3n) is 21.5. The van der Waals surface area contributed by atoms with Gasteiger partial charge in [-0.25, -0.2) is 0 Å². The van der Waals surface area contributed by atoms with E-state index in [1.807, 2.05) is 171 Å². The van der Waals surface area contributed by atoms with Gasteiger partial charge in [-0.15, -0.1) is 0 Å². The summed E-state index contributed by atoms with van der Waals surface area (Å²) < 4.78 is 0. The topological polar surface area (TPSA) is 419 Å². The summed E-state index contributed by atoms with van der Waals surface area (Å²) in [6.45, 7) is 9.66. The van der Waals surface area contributed by atoms with Crippen LogP contribution >= 0.6 is 0 Å². The van der Waals surface area contributed by atoms with Crippen molar-refractivity contribution in [3.63, 3.8) is 0 Å².